The van der Waals surface area contributed by atoms with Crippen LogP contribution in [0.4, 0.5) is 23.7 Å². The summed E-state index contributed by atoms with van der Waals surface area (Å²) in [5.74, 6) is 0. The van der Waals surface area contributed by atoms with Crippen LogP contribution >= 0.6 is 0 Å². The molecule has 1 saturated heterocycles. The van der Waals surface area contributed by atoms with Crippen molar-refractivity contribution in [2.24, 2.45) is 0 Å². The van der Waals surface area contributed by atoms with Crippen LogP contribution in [0.15, 0.2) is 54.6 Å². The molecule has 0 aromatic heterocycles. The van der Waals surface area contributed by atoms with Crippen LogP contribution < -0.4 is 5.32 Å². The quantitative estimate of drug-likeness (QED) is 0.581. The molecule has 7 heteroatoms. The van der Waals surface area contributed by atoms with Crippen LogP contribution in [-0.2, 0) is 12.7 Å². The maximum Gasteiger partial charge on any atom is 0.416 e. The third-order valence-electron chi connectivity index (χ3n) is 5.72. The Kier molecular flexibility index (Phi) is 7.96. The highest BCUT2D eigenvalue weighted by molar-refractivity contribution is 5.89. The Morgan fingerprint density at radius 2 is 1.81 bits per heavy atom. The lowest BCUT2D eigenvalue weighted by atomic mass is 10.0. The lowest BCUT2D eigenvalue weighted by Gasteiger charge is -2.38. The zero-order chi connectivity index (χ0) is 22.3. The molecule has 1 aliphatic heterocycles. The predicted octanol–water partition coefficient (Wildman–Crippen LogP) is 6.00. The first kappa shape index (κ1) is 23.1. The number of amides is 2. The van der Waals surface area contributed by atoms with Gasteiger partial charge in [-0.2, -0.15) is 13.2 Å². The maximum absolute atomic E-state index is 13.2. The average molecular weight is 434 g/mol. The van der Waals surface area contributed by atoms with Gasteiger partial charge < -0.3 is 15.1 Å². The predicted molar refractivity (Wildman–Crippen MR) is 117 cm³/mol. The highest BCUT2D eigenvalue weighted by Crippen LogP contribution is 2.31. The van der Waals surface area contributed by atoms with Crippen molar-refractivity contribution in [1.29, 1.82) is 0 Å². The summed E-state index contributed by atoms with van der Waals surface area (Å²) in [7, 11) is 0. The fraction of sp³-hybridized carbons (Fsp3) is 0.458. The monoisotopic (exact) mass is 433 g/mol. The Morgan fingerprint density at radius 1 is 1.10 bits per heavy atom. The number of halogens is 3. The van der Waals surface area contributed by atoms with Gasteiger partial charge in [0.1, 0.15) is 0 Å². The van der Waals surface area contributed by atoms with E-state index in [2.05, 4.69) is 17.1 Å². The molecule has 0 radical (unpaired) electrons. The summed E-state index contributed by atoms with van der Waals surface area (Å²) < 4.78 is 39.1. The molecule has 3 rings (SSSR count). The van der Waals surface area contributed by atoms with Gasteiger partial charge in [0.2, 0.25) is 0 Å². The van der Waals surface area contributed by atoms with Crippen molar-refractivity contribution in [1.82, 2.24) is 9.80 Å². The molecule has 2 amide bonds. The molecule has 0 saturated carbocycles. The second-order valence-corrected chi connectivity index (χ2v) is 8.05. The second kappa shape index (κ2) is 10.7. The minimum atomic E-state index is -4.45. The maximum atomic E-state index is 13.2. The Labute approximate surface area is 182 Å². The number of likely N-dealkylation sites (tertiary alicyclic amines) is 1. The van der Waals surface area contributed by atoms with Gasteiger partial charge in [-0.05, 0) is 49.6 Å². The topological polar surface area (TPSA) is 35.6 Å². The molecule has 2 aromatic carbocycles. The first-order chi connectivity index (χ1) is 14.9. The number of benzene rings is 2. The van der Waals surface area contributed by atoms with E-state index in [-0.39, 0.29) is 17.8 Å². The highest BCUT2D eigenvalue weighted by Gasteiger charge is 2.31. The minimum absolute atomic E-state index is 0.0453. The third kappa shape index (κ3) is 6.72. The first-order valence-corrected chi connectivity index (χ1v) is 10.9. The van der Waals surface area contributed by atoms with Crippen molar-refractivity contribution in [3.8, 4) is 0 Å². The van der Waals surface area contributed by atoms with Crippen LogP contribution in [0.2, 0.25) is 0 Å². The molecule has 168 valence electrons. The van der Waals surface area contributed by atoms with Crippen molar-refractivity contribution >= 4 is 11.7 Å². The molecule has 0 bridgehead atoms. The normalized spacial score (nSPS) is 15.6. The van der Waals surface area contributed by atoms with Crippen molar-refractivity contribution in [3.05, 3.63) is 65.7 Å². The van der Waals surface area contributed by atoms with E-state index in [0.717, 1.165) is 63.0 Å². The molecule has 31 heavy (non-hydrogen) atoms. The van der Waals surface area contributed by atoms with E-state index in [9.17, 15) is 18.0 Å². The Hall–Kier alpha value is -2.54. The second-order valence-electron chi connectivity index (χ2n) is 8.05. The fourth-order valence-corrected chi connectivity index (χ4v) is 3.95. The van der Waals surface area contributed by atoms with E-state index in [1.54, 1.807) is 4.90 Å². The fourth-order valence-electron chi connectivity index (χ4n) is 3.95. The molecular weight excluding hydrogens is 403 g/mol. The van der Waals surface area contributed by atoms with Gasteiger partial charge in [0.05, 0.1) is 5.56 Å². The molecule has 1 fully saturated rings. The van der Waals surface area contributed by atoms with Gasteiger partial charge in [-0.3, -0.25) is 0 Å². The van der Waals surface area contributed by atoms with Crippen LogP contribution in [0.25, 0.3) is 0 Å². The van der Waals surface area contributed by atoms with Crippen LogP contribution in [0.1, 0.15) is 43.7 Å². The number of urea groups is 1. The smallest absolute Gasteiger partial charge is 0.317 e. The lowest BCUT2D eigenvalue weighted by molar-refractivity contribution is -0.137. The van der Waals surface area contributed by atoms with Crippen LogP contribution in [0, 0.1) is 0 Å². The van der Waals surface area contributed by atoms with E-state index < -0.39 is 11.7 Å². The first-order valence-electron chi connectivity index (χ1n) is 10.9. The summed E-state index contributed by atoms with van der Waals surface area (Å²) in [5, 5.41) is 2.69. The molecule has 1 N–H and O–H groups in total. The summed E-state index contributed by atoms with van der Waals surface area (Å²) in [6.07, 6.45) is -0.428. The standard InChI is InChI=1S/C24H30F3N3O/c1-2-3-14-29-15-12-22(13-16-29)30(18-19-8-5-4-6-9-19)23(31)28-21-11-7-10-20(17-21)24(25,26)27/h4-11,17,22H,2-3,12-16,18H2,1H3,(H,28,31). The largest absolute Gasteiger partial charge is 0.416 e. The van der Waals surface area contributed by atoms with Gasteiger partial charge in [0.25, 0.3) is 0 Å². The lowest BCUT2D eigenvalue weighted by Crippen LogP contribution is -2.48. The Bertz CT molecular complexity index is 833. The number of carbonyl (C=O) groups excluding carboxylic acids is 1. The average Bonchev–Trinajstić information content (AvgIpc) is 2.77. The van der Waals surface area contributed by atoms with Gasteiger partial charge in [-0.1, -0.05) is 49.7 Å². The van der Waals surface area contributed by atoms with E-state index in [1.165, 1.54) is 12.1 Å². The number of hydrogen-bond acceptors (Lipinski definition) is 2. The molecule has 4 nitrogen and oxygen atoms in total. The van der Waals surface area contributed by atoms with Crippen molar-refractivity contribution in [3.63, 3.8) is 0 Å². The Balaban J connectivity index is 1.73. The summed E-state index contributed by atoms with van der Waals surface area (Å²) in [4.78, 5) is 17.3. The number of nitrogens with one attached hydrogen (secondary N) is 1. The number of piperidine rings is 1. The van der Waals surface area contributed by atoms with Crippen molar-refractivity contribution in [2.45, 2.75) is 51.4 Å². The van der Waals surface area contributed by atoms with Crippen LogP contribution in [-0.4, -0.2) is 41.5 Å². The molecule has 0 aliphatic carbocycles. The van der Waals surface area contributed by atoms with Crippen molar-refractivity contribution < 1.29 is 18.0 Å². The highest BCUT2D eigenvalue weighted by atomic mass is 19.4. The molecule has 0 spiro atoms. The van der Waals surface area contributed by atoms with Crippen LogP contribution in [0.5, 0.6) is 0 Å². The molecule has 2 aromatic rings. The number of unbranched alkanes of at least 4 members (excludes halogenated alkanes) is 1. The molecule has 0 unspecified atom stereocenters. The van der Waals surface area contributed by atoms with Gasteiger partial charge in [0.15, 0.2) is 0 Å². The molecular formula is C24H30F3N3O. The number of carbonyl (C=O) groups is 1. The third-order valence-corrected chi connectivity index (χ3v) is 5.72. The number of anilines is 1. The summed E-state index contributed by atoms with van der Waals surface area (Å²) in [6, 6.07) is 14.1. The minimum Gasteiger partial charge on any atom is -0.317 e. The molecule has 1 heterocycles. The number of hydrogen-bond donors (Lipinski definition) is 1. The van der Waals surface area contributed by atoms with Gasteiger partial charge in [-0.15, -0.1) is 0 Å². The Morgan fingerprint density at radius 3 is 2.45 bits per heavy atom. The SMILES string of the molecule is CCCCN1CCC(N(Cc2ccccc2)C(=O)Nc2cccc(C(F)(F)F)c2)CC1. The summed E-state index contributed by atoms with van der Waals surface area (Å²) >= 11 is 0. The number of rotatable bonds is 7. The summed E-state index contributed by atoms with van der Waals surface area (Å²) in [6.45, 7) is 5.51. The van der Waals surface area contributed by atoms with E-state index in [0.29, 0.717) is 6.54 Å². The van der Waals surface area contributed by atoms with E-state index in [4.69, 9.17) is 0 Å². The van der Waals surface area contributed by atoms with Gasteiger partial charge in [0, 0.05) is 31.4 Å². The number of nitrogens with zero attached hydrogens (tertiary/aromatic N) is 2. The van der Waals surface area contributed by atoms with E-state index in [1.807, 2.05) is 30.3 Å². The zero-order valence-electron chi connectivity index (χ0n) is 17.9. The summed E-state index contributed by atoms with van der Waals surface area (Å²) in [5.41, 5.74) is 0.373. The van der Waals surface area contributed by atoms with Crippen molar-refractivity contribution in [2.75, 3.05) is 25.0 Å². The van der Waals surface area contributed by atoms with Crippen LogP contribution in [0.3, 0.4) is 0 Å². The molecule has 1 aliphatic rings. The zero-order valence-corrected chi connectivity index (χ0v) is 17.9. The van der Waals surface area contributed by atoms with E-state index >= 15 is 0 Å². The number of alkyl halides is 3. The van der Waals surface area contributed by atoms with Gasteiger partial charge >= 0.3 is 12.2 Å². The molecule has 0 atom stereocenters. The van der Waals surface area contributed by atoms with Gasteiger partial charge in [-0.25, -0.2) is 4.79 Å².